The average molecular weight is 372 g/mol. The van der Waals surface area contributed by atoms with Gasteiger partial charge in [0.1, 0.15) is 5.01 Å². The summed E-state index contributed by atoms with van der Waals surface area (Å²) in [5.74, 6) is -0.284. The van der Waals surface area contributed by atoms with Gasteiger partial charge < -0.3 is 9.80 Å². The van der Waals surface area contributed by atoms with Gasteiger partial charge in [-0.25, -0.2) is 4.98 Å². The molecule has 1 aromatic carbocycles. The van der Waals surface area contributed by atoms with E-state index in [2.05, 4.69) is 11.6 Å². The van der Waals surface area contributed by atoms with E-state index in [0.717, 1.165) is 15.4 Å². The molecule has 5 nitrogen and oxygen atoms in total. The van der Waals surface area contributed by atoms with Gasteiger partial charge in [-0.05, 0) is 51.5 Å². The van der Waals surface area contributed by atoms with Gasteiger partial charge in [-0.3, -0.25) is 9.59 Å². The lowest BCUT2D eigenvalue weighted by Crippen LogP contribution is -2.34. The zero-order valence-corrected chi connectivity index (χ0v) is 16.8. The maximum absolute atomic E-state index is 12.8. The molecule has 0 spiro atoms. The molecule has 0 N–H and O–H groups in total. The topological polar surface area (TPSA) is 53.5 Å². The lowest BCUT2D eigenvalue weighted by molar-refractivity contribution is -0.114. The van der Waals surface area contributed by atoms with E-state index < -0.39 is 0 Å². The number of benzene rings is 1. The molecule has 0 fully saturated rings. The minimum Gasteiger partial charge on any atom is -0.339 e. The smallest absolute Gasteiger partial charge is 0.254 e. The molecule has 1 aromatic heterocycles. The van der Waals surface area contributed by atoms with E-state index in [4.69, 9.17) is 0 Å². The third kappa shape index (κ3) is 4.38. The van der Waals surface area contributed by atoms with Crippen LogP contribution in [0.15, 0.2) is 37.1 Å². The number of carbonyl (C=O) groups excluding carboxylic acids is 2. The molecule has 6 heteroatoms. The first kappa shape index (κ1) is 19.8. The van der Waals surface area contributed by atoms with Crippen molar-refractivity contribution < 1.29 is 9.59 Å². The number of anilines is 1. The van der Waals surface area contributed by atoms with Crippen molar-refractivity contribution in [1.29, 1.82) is 0 Å². The van der Waals surface area contributed by atoms with E-state index in [9.17, 15) is 9.59 Å². The minimum atomic E-state index is -0.225. The Morgan fingerprint density at radius 1 is 1.31 bits per heavy atom. The first-order chi connectivity index (χ1) is 12.2. The van der Waals surface area contributed by atoms with Crippen molar-refractivity contribution in [3.05, 3.63) is 58.1 Å². The Morgan fingerprint density at radius 3 is 2.54 bits per heavy atom. The molecule has 0 aliphatic rings. The molecule has 2 aromatic rings. The summed E-state index contributed by atoms with van der Waals surface area (Å²) in [6, 6.07) is 5.59. The van der Waals surface area contributed by atoms with Gasteiger partial charge in [0.25, 0.3) is 11.8 Å². The molecule has 0 aliphatic carbocycles. The van der Waals surface area contributed by atoms with E-state index in [-0.39, 0.29) is 17.9 Å². The molecule has 26 heavy (non-hydrogen) atoms. The zero-order chi connectivity index (χ0) is 19.4. The van der Waals surface area contributed by atoms with Crippen LogP contribution in [0.2, 0.25) is 0 Å². The standard InChI is InChI=1S/C20H25N3O2S/c1-7-19(24)23(12-18-21-11-15(5)26-18)16-9-8-14(4)17(10-16)20(25)22(6)13(2)3/h7-11,13H,1,12H2,2-6H3. The van der Waals surface area contributed by atoms with Crippen LogP contribution in [0.5, 0.6) is 0 Å². The van der Waals surface area contributed by atoms with Crippen LogP contribution in [-0.4, -0.2) is 34.8 Å². The third-order valence-corrected chi connectivity index (χ3v) is 5.16. The number of aryl methyl sites for hydroxylation is 2. The maximum atomic E-state index is 12.8. The monoisotopic (exact) mass is 371 g/mol. The number of nitrogens with zero attached hydrogens (tertiary/aromatic N) is 3. The molecule has 0 saturated heterocycles. The lowest BCUT2D eigenvalue weighted by atomic mass is 10.1. The fourth-order valence-electron chi connectivity index (χ4n) is 2.45. The van der Waals surface area contributed by atoms with Gasteiger partial charge in [0, 0.05) is 35.4 Å². The summed E-state index contributed by atoms with van der Waals surface area (Å²) >= 11 is 1.55. The predicted molar refractivity (Wildman–Crippen MR) is 107 cm³/mol. The normalized spacial score (nSPS) is 10.7. The summed E-state index contributed by atoms with van der Waals surface area (Å²) in [4.78, 5) is 33.9. The SMILES string of the molecule is C=CC(=O)N(Cc1ncc(C)s1)c1ccc(C)c(C(=O)N(C)C(C)C)c1. The summed E-state index contributed by atoms with van der Waals surface area (Å²) < 4.78 is 0. The third-order valence-electron chi connectivity index (χ3n) is 4.26. The molecule has 1 heterocycles. The molecular formula is C20H25N3O2S. The van der Waals surface area contributed by atoms with E-state index in [1.807, 2.05) is 39.8 Å². The van der Waals surface area contributed by atoms with Crippen molar-refractivity contribution in [3.8, 4) is 0 Å². The highest BCUT2D eigenvalue weighted by atomic mass is 32.1. The number of hydrogen-bond donors (Lipinski definition) is 0. The summed E-state index contributed by atoms with van der Waals surface area (Å²) in [7, 11) is 1.78. The van der Waals surface area contributed by atoms with Crippen LogP contribution < -0.4 is 4.90 Å². The molecular weight excluding hydrogens is 346 g/mol. The van der Waals surface area contributed by atoms with Crippen LogP contribution in [0, 0.1) is 13.8 Å². The van der Waals surface area contributed by atoms with Crippen LogP contribution in [0.4, 0.5) is 5.69 Å². The Labute approximate surface area is 159 Å². The number of hydrogen-bond acceptors (Lipinski definition) is 4. The van der Waals surface area contributed by atoms with Gasteiger partial charge in [-0.1, -0.05) is 12.6 Å². The van der Waals surface area contributed by atoms with Gasteiger partial charge >= 0.3 is 0 Å². The quantitative estimate of drug-likeness (QED) is 0.722. The molecule has 0 bridgehead atoms. The molecule has 0 radical (unpaired) electrons. The fourth-order valence-corrected chi connectivity index (χ4v) is 3.23. The van der Waals surface area contributed by atoms with Gasteiger partial charge in [-0.15, -0.1) is 11.3 Å². The first-order valence-corrected chi connectivity index (χ1v) is 9.29. The molecule has 0 unspecified atom stereocenters. The Bertz CT molecular complexity index is 826. The van der Waals surface area contributed by atoms with Gasteiger partial charge in [0.05, 0.1) is 6.54 Å². The van der Waals surface area contributed by atoms with Gasteiger partial charge in [-0.2, -0.15) is 0 Å². The number of aromatic nitrogens is 1. The Balaban J connectivity index is 2.42. The Kier molecular flexibility index (Phi) is 6.32. The zero-order valence-electron chi connectivity index (χ0n) is 15.9. The van der Waals surface area contributed by atoms with Gasteiger partial charge in [0.2, 0.25) is 0 Å². The first-order valence-electron chi connectivity index (χ1n) is 8.47. The maximum Gasteiger partial charge on any atom is 0.254 e. The van der Waals surface area contributed by atoms with Gasteiger partial charge in [0.15, 0.2) is 0 Å². The summed E-state index contributed by atoms with van der Waals surface area (Å²) in [5, 5.41) is 0.838. The van der Waals surface area contributed by atoms with E-state index in [1.165, 1.54) is 6.08 Å². The highest BCUT2D eigenvalue weighted by Gasteiger charge is 2.21. The predicted octanol–water partition coefficient (Wildman–Crippen LogP) is 3.96. The largest absolute Gasteiger partial charge is 0.339 e. The van der Waals surface area contributed by atoms with Crippen molar-refractivity contribution in [1.82, 2.24) is 9.88 Å². The van der Waals surface area contributed by atoms with Crippen molar-refractivity contribution in [2.24, 2.45) is 0 Å². The van der Waals surface area contributed by atoms with Crippen molar-refractivity contribution >= 4 is 28.8 Å². The number of carbonyl (C=O) groups is 2. The number of amides is 2. The average Bonchev–Trinajstić information content (AvgIpc) is 3.03. The van der Waals surface area contributed by atoms with Crippen LogP contribution in [0.25, 0.3) is 0 Å². The Morgan fingerprint density at radius 2 is 2.00 bits per heavy atom. The van der Waals surface area contributed by atoms with Crippen LogP contribution in [0.1, 0.15) is 39.7 Å². The van der Waals surface area contributed by atoms with Crippen molar-refractivity contribution in [2.75, 3.05) is 11.9 Å². The molecule has 2 rings (SSSR count). The molecule has 2 amide bonds. The van der Waals surface area contributed by atoms with Crippen molar-refractivity contribution in [2.45, 2.75) is 40.3 Å². The highest BCUT2D eigenvalue weighted by Crippen LogP contribution is 2.24. The van der Waals surface area contributed by atoms with Crippen molar-refractivity contribution in [3.63, 3.8) is 0 Å². The highest BCUT2D eigenvalue weighted by molar-refractivity contribution is 7.11. The number of rotatable bonds is 6. The molecule has 0 saturated carbocycles. The van der Waals surface area contributed by atoms with E-state index in [1.54, 1.807) is 40.4 Å². The molecule has 138 valence electrons. The summed E-state index contributed by atoms with van der Waals surface area (Å²) in [6.45, 7) is 11.8. The van der Waals surface area contributed by atoms with Crippen LogP contribution in [0.3, 0.4) is 0 Å². The lowest BCUT2D eigenvalue weighted by Gasteiger charge is -2.25. The van der Waals surface area contributed by atoms with E-state index >= 15 is 0 Å². The van der Waals surface area contributed by atoms with Crippen LogP contribution >= 0.6 is 11.3 Å². The molecule has 0 atom stereocenters. The second-order valence-corrected chi connectivity index (χ2v) is 7.82. The summed E-state index contributed by atoms with van der Waals surface area (Å²) in [6.07, 6.45) is 3.07. The second kappa shape index (κ2) is 8.27. The Hall–Kier alpha value is -2.47. The second-order valence-electron chi connectivity index (χ2n) is 6.50. The van der Waals surface area contributed by atoms with E-state index in [0.29, 0.717) is 17.8 Å². The number of thiazole rings is 1. The molecule has 0 aliphatic heterocycles. The fraction of sp³-hybridized carbons (Fsp3) is 0.350. The van der Waals surface area contributed by atoms with Crippen LogP contribution in [-0.2, 0) is 11.3 Å². The minimum absolute atomic E-state index is 0.0598. The summed E-state index contributed by atoms with van der Waals surface area (Å²) in [5.41, 5.74) is 2.13.